The number of ether oxygens (including phenoxy) is 2. The van der Waals surface area contributed by atoms with Gasteiger partial charge in [-0.3, -0.25) is 4.79 Å². The van der Waals surface area contributed by atoms with Crippen LogP contribution in [0.15, 0.2) is 28.7 Å². The van der Waals surface area contributed by atoms with Crippen molar-refractivity contribution in [3.05, 3.63) is 35.6 Å². The summed E-state index contributed by atoms with van der Waals surface area (Å²) in [6.07, 6.45) is 3.26. The van der Waals surface area contributed by atoms with Gasteiger partial charge in [0.05, 0.1) is 6.61 Å². The van der Waals surface area contributed by atoms with Crippen molar-refractivity contribution in [2.45, 2.75) is 52.7 Å². The predicted molar refractivity (Wildman–Crippen MR) is 106 cm³/mol. The summed E-state index contributed by atoms with van der Waals surface area (Å²) in [6, 6.07) is 7.52. The molecule has 1 fully saturated rings. The van der Waals surface area contributed by atoms with Crippen LogP contribution in [0.25, 0.3) is 11.0 Å². The molecular formula is C22H29NO5. The van der Waals surface area contributed by atoms with Crippen LogP contribution in [0.1, 0.15) is 56.2 Å². The molecule has 0 bridgehead atoms. The minimum absolute atomic E-state index is 0.0992. The van der Waals surface area contributed by atoms with E-state index in [2.05, 4.69) is 19.2 Å². The van der Waals surface area contributed by atoms with Crippen molar-refractivity contribution in [3.8, 4) is 0 Å². The van der Waals surface area contributed by atoms with Gasteiger partial charge in [-0.25, -0.2) is 4.79 Å². The number of hydrogen-bond acceptors (Lipinski definition) is 5. The molecule has 1 aliphatic rings. The van der Waals surface area contributed by atoms with E-state index in [1.54, 1.807) is 6.07 Å². The van der Waals surface area contributed by atoms with Crippen LogP contribution < -0.4 is 5.32 Å². The Bertz CT molecular complexity index is 827. The fourth-order valence-corrected chi connectivity index (χ4v) is 3.84. The zero-order valence-electron chi connectivity index (χ0n) is 16.8. The minimum Gasteiger partial charge on any atom is -0.450 e. The van der Waals surface area contributed by atoms with E-state index >= 15 is 0 Å². The maximum atomic E-state index is 12.6. The summed E-state index contributed by atoms with van der Waals surface area (Å²) in [7, 11) is 0. The van der Waals surface area contributed by atoms with E-state index in [9.17, 15) is 9.59 Å². The number of carbonyl (C=O) groups excluding carboxylic acids is 2. The second-order valence-electron chi connectivity index (χ2n) is 7.56. The molecule has 1 amide bonds. The van der Waals surface area contributed by atoms with Gasteiger partial charge in [-0.05, 0) is 31.2 Å². The molecular weight excluding hydrogens is 358 g/mol. The molecule has 3 rings (SSSR count). The van der Waals surface area contributed by atoms with E-state index in [4.69, 9.17) is 13.9 Å². The Morgan fingerprint density at radius 2 is 2.00 bits per heavy atom. The van der Waals surface area contributed by atoms with Gasteiger partial charge in [0.25, 0.3) is 5.91 Å². The van der Waals surface area contributed by atoms with Gasteiger partial charge in [0.2, 0.25) is 5.76 Å². The third-order valence-corrected chi connectivity index (χ3v) is 5.72. The summed E-state index contributed by atoms with van der Waals surface area (Å²) in [6.45, 7) is 6.72. The first-order chi connectivity index (χ1) is 13.5. The second-order valence-corrected chi connectivity index (χ2v) is 7.56. The van der Waals surface area contributed by atoms with Crippen molar-refractivity contribution in [2.24, 2.45) is 11.8 Å². The van der Waals surface area contributed by atoms with Crippen LogP contribution in [0.4, 0.5) is 0 Å². The van der Waals surface area contributed by atoms with Crippen LogP contribution in [0.2, 0.25) is 0 Å². The summed E-state index contributed by atoms with van der Waals surface area (Å²) in [5.74, 6) is 0.176. The normalized spacial score (nSPS) is 22.2. The van der Waals surface area contributed by atoms with Gasteiger partial charge >= 0.3 is 5.97 Å². The van der Waals surface area contributed by atoms with E-state index in [1.165, 1.54) is 6.42 Å². The number of nitrogens with one attached hydrogen (secondary N) is 1. The number of carbonyl (C=O) groups is 2. The molecule has 0 unspecified atom stereocenters. The molecule has 0 saturated heterocycles. The van der Waals surface area contributed by atoms with Gasteiger partial charge in [0.1, 0.15) is 5.58 Å². The van der Waals surface area contributed by atoms with Gasteiger partial charge in [0.15, 0.2) is 6.61 Å². The number of esters is 1. The molecule has 152 valence electrons. The van der Waals surface area contributed by atoms with Gasteiger partial charge in [-0.1, -0.05) is 44.9 Å². The second kappa shape index (κ2) is 9.24. The predicted octanol–water partition coefficient (Wildman–Crippen LogP) is 4.07. The number of fused-ring (bicyclic) bond motifs is 1. The maximum absolute atomic E-state index is 12.6. The summed E-state index contributed by atoms with van der Waals surface area (Å²) in [5.41, 5.74) is 1.25. The first-order valence-corrected chi connectivity index (χ1v) is 10.1. The molecule has 2 aromatic rings. The molecule has 6 heteroatoms. The van der Waals surface area contributed by atoms with Crippen molar-refractivity contribution in [1.29, 1.82) is 0 Å². The quantitative estimate of drug-likeness (QED) is 0.725. The lowest BCUT2D eigenvalue weighted by Crippen LogP contribution is -2.45. The highest BCUT2D eigenvalue weighted by Gasteiger charge is 2.29. The van der Waals surface area contributed by atoms with Gasteiger partial charge in [-0.2, -0.15) is 0 Å². The van der Waals surface area contributed by atoms with Crippen LogP contribution in [0.5, 0.6) is 0 Å². The van der Waals surface area contributed by atoms with Crippen molar-refractivity contribution in [2.75, 3.05) is 13.2 Å². The average Bonchev–Trinajstić information content (AvgIpc) is 3.06. The van der Waals surface area contributed by atoms with Crippen molar-refractivity contribution < 1.29 is 23.5 Å². The molecule has 1 heterocycles. The summed E-state index contributed by atoms with van der Waals surface area (Å²) in [5, 5.41) is 3.83. The van der Waals surface area contributed by atoms with Crippen LogP contribution >= 0.6 is 0 Å². The van der Waals surface area contributed by atoms with E-state index in [0.717, 1.165) is 18.2 Å². The van der Waals surface area contributed by atoms with Gasteiger partial charge in [-0.15, -0.1) is 0 Å². The topological polar surface area (TPSA) is 77.8 Å². The smallest absolute Gasteiger partial charge is 0.375 e. The first kappa shape index (κ1) is 20.4. The Kier molecular flexibility index (Phi) is 6.73. The Balaban J connectivity index is 1.63. The zero-order valence-corrected chi connectivity index (χ0v) is 16.8. The van der Waals surface area contributed by atoms with Crippen LogP contribution in [0.3, 0.4) is 0 Å². The van der Waals surface area contributed by atoms with E-state index in [0.29, 0.717) is 29.6 Å². The molecule has 3 atom stereocenters. The van der Waals surface area contributed by atoms with Gasteiger partial charge in [0, 0.05) is 23.6 Å². The summed E-state index contributed by atoms with van der Waals surface area (Å²) >= 11 is 0. The number of hydrogen-bond donors (Lipinski definition) is 1. The third-order valence-electron chi connectivity index (χ3n) is 5.72. The number of benzene rings is 1. The Morgan fingerprint density at radius 1 is 1.21 bits per heavy atom. The molecule has 1 N–H and O–H groups in total. The molecule has 1 saturated carbocycles. The van der Waals surface area contributed by atoms with Crippen molar-refractivity contribution >= 4 is 22.8 Å². The monoisotopic (exact) mass is 387 g/mol. The lowest BCUT2D eigenvalue weighted by atomic mass is 9.78. The lowest BCUT2D eigenvalue weighted by Gasteiger charge is -2.34. The fraction of sp³-hybridized carbons (Fsp3) is 0.545. The van der Waals surface area contributed by atoms with Crippen molar-refractivity contribution in [3.63, 3.8) is 0 Å². The highest BCUT2D eigenvalue weighted by molar-refractivity contribution is 5.96. The van der Waals surface area contributed by atoms with E-state index < -0.39 is 5.97 Å². The van der Waals surface area contributed by atoms with Gasteiger partial charge < -0.3 is 19.2 Å². The van der Waals surface area contributed by atoms with Crippen LogP contribution in [-0.4, -0.2) is 31.1 Å². The maximum Gasteiger partial charge on any atom is 0.375 e. The van der Waals surface area contributed by atoms with Crippen LogP contribution in [0, 0.1) is 11.8 Å². The first-order valence-electron chi connectivity index (χ1n) is 10.1. The third kappa shape index (κ3) is 4.55. The SMILES string of the molecule is CCOCc1c(C(=O)OCC(=O)N[C@H]2CCC[C@@H](C)[C@@H]2C)oc2ccccc12. The van der Waals surface area contributed by atoms with Crippen molar-refractivity contribution in [1.82, 2.24) is 5.32 Å². The number of para-hydroxylation sites is 1. The Hall–Kier alpha value is -2.34. The fourth-order valence-electron chi connectivity index (χ4n) is 3.84. The zero-order chi connectivity index (χ0) is 20.1. The van der Waals surface area contributed by atoms with E-state index in [-0.39, 0.29) is 30.9 Å². The Labute approximate surface area is 165 Å². The molecule has 28 heavy (non-hydrogen) atoms. The molecule has 1 aromatic heterocycles. The highest BCUT2D eigenvalue weighted by atomic mass is 16.5. The highest BCUT2D eigenvalue weighted by Crippen LogP contribution is 2.30. The number of furan rings is 1. The van der Waals surface area contributed by atoms with Crippen LogP contribution in [-0.2, 0) is 20.9 Å². The van der Waals surface area contributed by atoms with E-state index in [1.807, 2.05) is 25.1 Å². The molecule has 0 radical (unpaired) electrons. The largest absolute Gasteiger partial charge is 0.450 e. The Morgan fingerprint density at radius 3 is 2.79 bits per heavy atom. The lowest BCUT2D eigenvalue weighted by molar-refractivity contribution is -0.125. The molecule has 0 spiro atoms. The molecule has 1 aromatic carbocycles. The minimum atomic E-state index is -0.647. The standard InChI is InChI=1S/C22H29NO5/c1-4-26-12-17-16-9-5-6-11-19(16)28-21(17)22(25)27-13-20(24)23-18-10-7-8-14(2)15(18)3/h5-6,9,11,14-15,18H,4,7-8,10,12-13H2,1-3H3,(H,23,24)/t14-,15+,18+/m1/s1. The molecule has 6 nitrogen and oxygen atoms in total. The summed E-state index contributed by atoms with van der Waals surface area (Å²) < 4.78 is 16.4. The number of amides is 1. The number of rotatable bonds is 7. The summed E-state index contributed by atoms with van der Waals surface area (Å²) in [4.78, 5) is 24.8. The molecule has 0 aliphatic heterocycles. The average molecular weight is 387 g/mol. The molecule has 1 aliphatic carbocycles.